The summed E-state index contributed by atoms with van der Waals surface area (Å²) < 4.78 is 23.7. The highest BCUT2D eigenvalue weighted by Gasteiger charge is 2.32. The molecule has 24 heavy (non-hydrogen) atoms. The number of carbonyl (C=O) groups excluding carboxylic acids is 1. The molecule has 0 saturated heterocycles. The summed E-state index contributed by atoms with van der Waals surface area (Å²) in [5.41, 5.74) is 1.85. The van der Waals surface area contributed by atoms with E-state index in [0.29, 0.717) is 16.3 Å². The lowest BCUT2D eigenvalue weighted by Gasteiger charge is -2.29. The van der Waals surface area contributed by atoms with Gasteiger partial charge in [-0.25, -0.2) is 8.42 Å². The number of rotatable bonds is 3. The molecule has 1 unspecified atom stereocenters. The summed E-state index contributed by atoms with van der Waals surface area (Å²) in [6, 6.07) is 13.5. The van der Waals surface area contributed by atoms with Crippen LogP contribution in [0.2, 0.25) is 5.02 Å². The van der Waals surface area contributed by atoms with Gasteiger partial charge in [0.25, 0.3) is 5.91 Å². The molecule has 124 valence electrons. The molecule has 4 nitrogen and oxygen atoms in total. The summed E-state index contributed by atoms with van der Waals surface area (Å²) in [5.74, 6) is -0.384. The fraction of sp³-hybridized carbons (Fsp3) is 0.167. The Kier molecular flexibility index (Phi) is 4.47. The Labute approximate surface area is 146 Å². The highest BCUT2D eigenvalue weighted by Crippen LogP contribution is 2.31. The van der Waals surface area contributed by atoms with Crippen LogP contribution < -0.4 is 4.90 Å². The molecule has 2 aromatic carbocycles. The van der Waals surface area contributed by atoms with Gasteiger partial charge in [-0.2, -0.15) is 0 Å². The maximum Gasteiger partial charge on any atom is 0.258 e. The highest BCUT2D eigenvalue weighted by atomic mass is 35.5. The summed E-state index contributed by atoms with van der Waals surface area (Å²) in [4.78, 5) is 14.6. The monoisotopic (exact) mass is 361 g/mol. The molecule has 0 fully saturated rings. The third-order valence-electron chi connectivity index (χ3n) is 3.98. The zero-order valence-electron chi connectivity index (χ0n) is 13.0. The van der Waals surface area contributed by atoms with E-state index < -0.39 is 15.9 Å². The number of anilines is 1. The number of amides is 1. The summed E-state index contributed by atoms with van der Waals surface area (Å²) >= 11 is 6.20. The second-order valence-electron chi connectivity index (χ2n) is 5.65. The Balaban J connectivity index is 2.10. The molecule has 0 bridgehead atoms. The van der Waals surface area contributed by atoms with E-state index in [2.05, 4.69) is 0 Å². The van der Waals surface area contributed by atoms with E-state index >= 15 is 0 Å². The van der Waals surface area contributed by atoms with Crippen molar-refractivity contribution in [2.75, 3.05) is 10.7 Å². The number of nitrogens with zero attached hydrogens (tertiary/aromatic N) is 1. The van der Waals surface area contributed by atoms with Gasteiger partial charge in [0.15, 0.2) is 9.84 Å². The minimum Gasteiger partial charge on any atom is -0.300 e. The normalized spacial score (nSPS) is 18.5. The van der Waals surface area contributed by atoms with Crippen LogP contribution in [0.1, 0.15) is 15.9 Å². The second-order valence-corrected chi connectivity index (χ2v) is 7.99. The van der Waals surface area contributed by atoms with Gasteiger partial charge in [0.05, 0.1) is 11.8 Å². The van der Waals surface area contributed by atoms with Gasteiger partial charge >= 0.3 is 0 Å². The Morgan fingerprint density at radius 2 is 1.83 bits per heavy atom. The van der Waals surface area contributed by atoms with Crippen molar-refractivity contribution in [3.05, 3.63) is 76.2 Å². The van der Waals surface area contributed by atoms with Crippen LogP contribution in [0.3, 0.4) is 0 Å². The van der Waals surface area contributed by atoms with E-state index in [1.807, 2.05) is 13.0 Å². The lowest BCUT2D eigenvalue weighted by Crippen LogP contribution is -2.41. The third-order valence-corrected chi connectivity index (χ3v) is 5.77. The van der Waals surface area contributed by atoms with Crippen molar-refractivity contribution in [2.45, 2.75) is 13.0 Å². The SMILES string of the molecule is Cc1c(Cl)cccc1N(C(=O)c1ccccc1)C1C=CS(=O)(=O)C1. The van der Waals surface area contributed by atoms with E-state index in [4.69, 9.17) is 11.6 Å². The molecule has 0 aliphatic carbocycles. The molecule has 6 heteroatoms. The summed E-state index contributed by atoms with van der Waals surface area (Å²) in [7, 11) is -3.29. The second kappa shape index (κ2) is 6.42. The summed E-state index contributed by atoms with van der Waals surface area (Å²) in [5, 5.41) is 1.70. The molecule has 0 spiro atoms. The summed E-state index contributed by atoms with van der Waals surface area (Å²) in [6.45, 7) is 1.82. The van der Waals surface area contributed by atoms with Crippen LogP contribution in [-0.4, -0.2) is 26.1 Å². The van der Waals surface area contributed by atoms with Crippen molar-refractivity contribution >= 4 is 33.0 Å². The highest BCUT2D eigenvalue weighted by molar-refractivity contribution is 7.94. The van der Waals surface area contributed by atoms with Crippen LogP contribution in [0, 0.1) is 6.92 Å². The Morgan fingerprint density at radius 1 is 1.12 bits per heavy atom. The maximum atomic E-state index is 13.1. The molecule has 2 aromatic rings. The van der Waals surface area contributed by atoms with Gasteiger partial charge in [-0.3, -0.25) is 4.79 Å². The van der Waals surface area contributed by atoms with Gasteiger partial charge in [-0.05, 0) is 42.8 Å². The van der Waals surface area contributed by atoms with Crippen molar-refractivity contribution in [3.8, 4) is 0 Å². The zero-order chi connectivity index (χ0) is 17.3. The van der Waals surface area contributed by atoms with E-state index in [9.17, 15) is 13.2 Å². The van der Waals surface area contributed by atoms with Crippen LogP contribution in [-0.2, 0) is 9.84 Å². The van der Waals surface area contributed by atoms with Crippen molar-refractivity contribution < 1.29 is 13.2 Å². The lowest BCUT2D eigenvalue weighted by molar-refractivity contribution is 0.0983. The van der Waals surface area contributed by atoms with Gasteiger partial charge in [-0.15, -0.1) is 0 Å². The summed E-state index contributed by atoms with van der Waals surface area (Å²) in [6.07, 6.45) is 1.55. The van der Waals surface area contributed by atoms with E-state index in [1.54, 1.807) is 48.5 Å². The van der Waals surface area contributed by atoms with E-state index in [0.717, 1.165) is 5.56 Å². The van der Waals surface area contributed by atoms with Crippen LogP contribution >= 0.6 is 11.6 Å². The van der Waals surface area contributed by atoms with Crippen molar-refractivity contribution in [1.29, 1.82) is 0 Å². The molecule has 1 heterocycles. The molecule has 0 saturated carbocycles. The Morgan fingerprint density at radius 3 is 2.46 bits per heavy atom. The molecule has 1 aliphatic rings. The molecule has 1 aliphatic heterocycles. The first-order valence-electron chi connectivity index (χ1n) is 7.44. The minimum absolute atomic E-state index is 0.127. The van der Waals surface area contributed by atoms with Crippen molar-refractivity contribution in [1.82, 2.24) is 0 Å². The third kappa shape index (κ3) is 3.23. The van der Waals surface area contributed by atoms with Gasteiger partial charge in [-0.1, -0.05) is 35.9 Å². The van der Waals surface area contributed by atoms with E-state index in [1.165, 1.54) is 10.3 Å². The molecule has 1 amide bonds. The number of benzene rings is 2. The lowest BCUT2D eigenvalue weighted by atomic mass is 10.1. The first kappa shape index (κ1) is 16.7. The van der Waals surface area contributed by atoms with Crippen LogP contribution in [0.5, 0.6) is 0 Å². The average Bonchev–Trinajstić information content (AvgIpc) is 2.92. The number of hydrogen-bond donors (Lipinski definition) is 0. The molecular weight excluding hydrogens is 346 g/mol. The zero-order valence-corrected chi connectivity index (χ0v) is 14.6. The fourth-order valence-corrected chi connectivity index (χ4v) is 4.17. The van der Waals surface area contributed by atoms with Crippen LogP contribution in [0.4, 0.5) is 5.69 Å². The molecule has 0 radical (unpaired) electrons. The predicted octanol–water partition coefficient (Wildman–Crippen LogP) is 3.61. The molecular formula is C18H16ClNO3S. The number of hydrogen-bond acceptors (Lipinski definition) is 3. The number of sulfone groups is 1. The predicted molar refractivity (Wildman–Crippen MR) is 96.2 cm³/mol. The Bertz CT molecular complexity index is 907. The van der Waals surface area contributed by atoms with Gasteiger partial charge < -0.3 is 4.90 Å². The smallest absolute Gasteiger partial charge is 0.258 e. The van der Waals surface area contributed by atoms with Gasteiger partial charge in [0.2, 0.25) is 0 Å². The first-order chi connectivity index (χ1) is 11.4. The average molecular weight is 362 g/mol. The fourth-order valence-electron chi connectivity index (χ4n) is 2.74. The topological polar surface area (TPSA) is 54.5 Å². The van der Waals surface area contributed by atoms with Crippen LogP contribution in [0.25, 0.3) is 0 Å². The molecule has 0 aromatic heterocycles. The van der Waals surface area contributed by atoms with E-state index in [-0.39, 0.29) is 11.7 Å². The van der Waals surface area contributed by atoms with Crippen LogP contribution in [0.15, 0.2) is 60.0 Å². The standard InChI is InChI=1S/C18H16ClNO3S/c1-13-16(19)8-5-9-17(13)20(15-10-11-24(22,23)12-15)18(21)14-6-3-2-4-7-14/h2-11,15H,12H2,1H3. The largest absolute Gasteiger partial charge is 0.300 e. The molecule has 3 rings (SSSR count). The van der Waals surface area contributed by atoms with Crippen molar-refractivity contribution in [3.63, 3.8) is 0 Å². The van der Waals surface area contributed by atoms with Gasteiger partial charge in [0.1, 0.15) is 0 Å². The molecule has 0 N–H and O–H groups in total. The number of carbonyl (C=O) groups is 1. The first-order valence-corrected chi connectivity index (χ1v) is 9.53. The van der Waals surface area contributed by atoms with Crippen molar-refractivity contribution in [2.24, 2.45) is 0 Å². The minimum atomic E-state index is -3.29. The number of halogens is 1. The quantitative estimate of drug-likeness (QED) is 0.839. The Hall–Kier alpha value is -2.11. The molecule has 1 atom stereocenters. The maximum absolute atomic E-state index is 13.1. The van der Waals surface area contributed by atoms with Gasteiger partial charge in [0, 0.05) is 21.7 Å².